The van der Waals surface area contributed by atoms with Gasteiger partial charge in [0.1, 0.15) is 0 Å². The zero-order valence-corrected chi connectivity index (χ0v) is 15.1. The first-order valence-corrected chi connectivity index (χ1v) is 9.49. The van der Waals surface area contributed by atoms with Crippen LogP contribution in [0.15, 0.2) is 35.9 Å². The van der Waals surface area contributed by atoms with E-state index in [2.05, 4.69) is 6.08 Å². The number of anilines is 1. The number of carbonyl (C=O) groups is 3. The van der Waals surface area contributed by atoms with Gasteiger partial charge in [0, 0.05) is 18.7 Å². The number of rotatable bonds is 2. The molecule has 2 fully saturated rings. The van der Waals surface area contributed by atoms with E-state index in [0.29, 0.717) is 24.1 Å². The third-order valence-corrected chi connectivity index (χ3v) is 5.82. The second-order valence-electron chi connectivity index (χ2n) is 7.62. The number of hydrogen-bond acceptors (Lipinski definition) is 3. The Bertz CT molecular complexity index is 792. The van der Waals surface area contributed by atoms with Crippen LogP contribution in [0.5, 0.6) is 0 Å². The summed E-state index contributed by atoms with van der Waals surface area (Å²) in [6.07, 6.45) is 6.57. The zero-order chi connectivity index (χ0) is 18.3. The van der Waals surface area contributed by atoms with Crippen LogP contribution in [0.2, 0.25) is 0 Å². The quantitative estimate of drug-likeness (QED) is 0.607. The lowest BCUT2D eigenvalue weighted by Crippen LogP contribution is -2.36. The molecule has 0 spiro atoms. The zero-order valence-electron chi connectivity index (χ0n) is 15.1. The first-order chi connectivity index (χ1) is 12.6. The van der Waals surface area contributed by atoms with Crippen molar-refractivity contribution in [3.8, 4) is 0 Å². The Labute approximate surface area is 153 Å². The van der Waals surface area contributed by atoms with Crippen molar-refractivity contribution in [2.45, 2.75) is 39.0 Å². The molecule has 0 radical (unpaired) electrons. The molecule has 2 saturated heterocycles. The molecule has 3 aliphatic rings. The van der Waals surface area contributed by atoms with Gasteiger partial charge in [-0.25, -0.2) is 0 Å². The van der Waals surface area contributed by atoms with Crippen molar-refractivity contribution in [1.82, 2.24) is 4.90 Å². The van der Waals surface area contributed by atoms with E-state index in [1.165, 1.54) is 10.5 Å². The van der Waals surface area contributed by atoms with E-state index in [1.54, 1.807) is 24.3 Å². The van der Waals surface area contributed by atoms with Gasteiger partial charge in [-0.05, 0) is 57.2 Å². The predicted molar refractivity (Wildman–Crippen MR) is 98.7 cm³/mol. The summed E-state index contributed by atoms with van der Waals surface area (Å²) in [6, 6.07) is 6.98. The Kier molecular flexibility index (Phi) is 4.39. The van der Waals surface area contributed by atoms with Crippen molar-refractivity contribution in [1.29, 1.82) is 0 Å². The second kappa shape index (κ2) is 6.71. The highest BCUT2D eigenvalue weighted by atomic mass is 16.2. The number of nitrogens with zero attached hydrogens (tertiary/aromatic N) is 2. The number of likely N-dealkylation sites (tertiary alicyclic amines) is 1. The van der Waals surface area contributed by atoms with E-state index in [4.69, 9.17) is 0 Å². The van der Waals surface area contributed by atoms with Gasteiger partial charge in [0.25, 0.3) is 5.91 Å². The fourth-order valence-corrected chi connectivity index (χ4v) is 4.35. The highest BCUT2D eigenvalue weighted by molar-refractivity contribution is 6.22. The highest BCUT2D eigenvalue weighted by Crippen LogP contribution is 2.39. The summed E-state index contributed by atoms with van der Waals surface area (Å²) in [7, 11) is 0. The summed E-state index contributed by atoms with van der Waals surface area (Å²) in [4.78, 5) is 41.6. The maximum atomic E-state index is 12.9. The first kappa shape index (κ1) is 17.0. The maximum absolute atomic E-state index is 12.9. The smallest absolute Gasteiger partial charge is 0.253 e. The summed E-state index contributed by atoms with van der Waals surface area (Å²) >= 11 is 0. The van der Waals surface area contributed by atoms with Gasteiger partial charge in [0.15, 0.2) is 0 Å². The molecule has 1 aromatic carbocycles. The lowest BCUT2D eigenvalue weighted by Gasteiger charge is -2.27. The van der Waals surface area contributed by atoms with Crippen molar-refractivity contribution in [3.05, 3.63) is 41.5 Å². The monoisotopic (exact) mass is 352 g/mol. The van der Waals surface area contributed by atoms with Gasteiger partial charge in [0.05, 0.1) is 17.5 Å². The van der Waals surface area contributed by atoms with E-state index < -0.39 is 0 Å². The van der Waals surface area contributed by atoms with Crippen LogP contribution >= 0.6 is 0 Å². The van der Waals surface area contributed by atoms with Gasteiger partial charge in [-0.1, -0.05) is 17.7 Å². The number of imide groups is 1. The molecule has 0 unspecified atom stereocenters. The minimum atomic E-state index is -0.257. The fourth-order valence-electron chi connectivity index (χ4n) is 4.35. The molecular formula is C21H24N2O3. The molecule has 5 heteroatoms. The molecule has 2 aliphatic heterocycles. The third kappa shape index (κ3) is 2.85. The number of amides is 3. The molecule has 1 aliphatic carbocycles. The summed E-state index contributed by atoms with van der Waals surface area (Å²) in [6.45, 7) is 3.56. The molecule has 0 aromatic heterocycles. The van der Waals surface area contributed by atoms with Gasteiger partial charge in [-0.15, -0.1) is 0 Å². The van der Waals surface area contributed by atoms with Crippen molar-refractivity contribution >= 4 is 23.4 Å². The molecule has 3 amide bonds. The normalized spacial score (nSPS) is 26.0. The Morgan fingerprint density at radius 2 is 1.77 bits per heavy atom. The first-order valence-electron chi connectivity index (χ1n) is 9.49. The SMILES string of the molecule is CC1=CC[C@@H]2C(=O)N(c3cccc(C(=O)N4CCCCC4)c3)C(=O)[C@H]2C1. The molecular weight excluding hydrogens is 328 g/mol. The molecule has 26 heavy (non-hydrogen) atoms. The topological polar surface area (TPSA) is 57.7 Å². The Morgan fingerprint density at radius 1 is 1.04 bits per heavy atom. The second-order valence-corrected chi connectivity index (χ2v) is 7.62. The van der Waals surface area contributed by atoms with E-state index >= 15 is 0 Å². The van der Waals surface area contributed by atoms with Crippen LogP contribution in [0.1, 0.15) is 49.4 Å². The van der Waals surface area contributed by atoms with Gasteiger partial charge in [0.2, 0.25) is 11.8 Å². The number of benzene rings is 1. The van der Waals surface area contributed by atoms with Crippen LogP contribution < -0.4 is 4.90 Å². The minimum Gasteiger partial charge on any atom is -0.339 e. The van der Waals surface area contributed by atoms with Crippen molar-refractivity contribution < 1.29 is 14.4 Å². The Morgan fingerprint density at radius 3 is 2.54 bits per heavy atom. The Balaban J connectivity index is 1.60. The van der Waals surface area contributed by atoms with E-state index in [0.717, 1.165) is 32.4 Å². The molecule has 5 nitrogen and oxygen atoms in total. The van der Waals surface area contributed by atoms with Gasteiger partial charge in [-0.2, -0.15) is 0 Å². The number of allylic oxidation sites excluding steroid dienone is 2. The molecule has 2 atom stereocenters. The fraction of sp³-hybridized carbons (Fsp3) is 0.476. The number of carbonyl (C=O) groups excluding carboxylic acids is 3. The molecule has 4 rings (SSSR count). The van der Waals surface area contributed by atoms with Crippen LogP contribution in [-0.2, 0) is 9.59 Å². The largest absolute Gasteiger partial charge is 0.339 e. The van der Waals surface area contributed by atoms with Crippen LogP contribution in [0.3, 0.4) is 0 Å². The highest BCUT2D eigenvalue weighted by Gasteiger charge is 2.48. The minimum absolute atomic E-state index is 0.0134. The third-order valence-electron chi connectivity index (χ3n) is 5.82. The van der Waals surface area contributed by atoms with Gasteiger partial charge >= 0.3 is 0 Å². The summed E-state index contributed by atoms with van der Waals surface area (Å²) in [5, 5.41) is 0. The van der Waals surface area contributed by atoms with Gasteiger partial charge < -0.3 is 4.90 Å². The Hall–Kier alpha value is -2.43. The molecule has 1 aromatic rings. The molecule has 2 heterocycles. The summed E-state index contributed by atoms with van der Waals surface area (Å²) < 4.78 is 0. The molecule has 136 valence electrons. The predicted octanol–water partition coefficient (Wildman–Crippen LogP) is 3.16. The summed E-state index contributed by atoms with van der Waals surface area (Å²) in [5.74, 6) is -0.788. The number of hydrogen-bond donors (Lipinski definition) is 0. The van der Waals surface area contributed by atoms with Crippen LogP contribution in [0.4, 0.5) is 5.69 Å². The van der Waals surface area contributed by atoms with Crippen LogP contribution in [-0.4, -0.2) is 35.7 Å². The van der Waals surface area contributed by atoms with Crippen molar-refractivity contribution in [2.75, 3.05) is 18.0 Å². The van der Waals surface area contributed by atoms with Gasteiger partial charge in [-0.3, -0.25) is 19.3 Å². The van der Waals surface area contributed by atoms with E-state index in [1.807, 2.05) is 11.8 Å². The molecule has 0 bridgehead atoms. The van der Waals surface area contributed by atoms with E-state index in [9.17, 15) is 14.4 Å². The molecule has 0 saturated carbocycles. The maximum Gasteiger partial charge on any atom is 0.253 e. The van der Waals surface area contributed by atoms with E-state index in [-0.39, 0.29) is 29.6 Å². The number of fused-ring (bicyclic) bond motifs is 1. The van der Waals surface area contributed by atoms with Crippen LogP contribution in [0, 0.1) is 11.8 Å². The summed E-state index contributed by atoms with van der Waals surface area (Å²) in [5.41, 5.74) is 2.24. The number of piperidine rings is 1. The van der Waals surface area contributed by atoms with Crippen LogP contribution in [0.25, 0.3) is 0 Å². The van der Waals surface area contributed by atoms with Crippen molar-refractivity contribution in [2.24, 2.45) is 11.8 Å². The lowest BCUT2D eigenvalue weighted by atomic mass is 9.82. The van der Waals surface area contributed by atoms with Crippen molar-refractivity contribution in [3.63, 3.8) is 0 Å². The molecule has 0 N–H and O–H groups in total. The standard InChI is InChI=1S/C21H24N2O3/c1-14-8-9-17-18(12-14)21(26)23(20(17)25)16-7-5-6-15(13-16)19(24)22-10-3-2-4-11-22/h5-8,13,17-18H,2-4,9-12H2,1H3/t17-,18-/m0/s1. The average Bonchev–Trinajstić information content (AvgIpc) is 2.92. The average molecular weight is 352 g/mol. The lowest BCUT2D eigenvalue weighted by molar-refractivity contribution is -0.122.